The highest BCUT2D eigenvalue weighted by atomic mass is 16.5. The van der Waals surface area contributed by atoms with Crippen molar-refractivity contribution in [2.24, 2.45) is 0 Å². The molecule has 7 nitrogen and oxygen atoms in total. The second kappa shape index (κ2) is 5.96. The van der Waals surface area contributed by atoms with Crippen LogP contribution in [0.2, 0.25) is 0 Å². The molecule has 0 radical (unpaired) electrons. The molecular formula is C15H18O7. The summed E-state index contributed by atoms with van der Waals surface area (Å²) in [5.41, 5.74) is -0.320. The summed E-state index contributed by atoms with van der Waals surface area (Å²) in [5.74, 6) is -3.29. The Balaban J connectivity index is 2.47. The van der Waals surface area contributed by atoms with Gasteiger partial charge in [-0.05, 0) is 13.0 Å². The Labute approximate surface area is 126 Å². The van der Waals surface area contributed by atoms with Crippen LogP contribution < -0.4 is 0 Å². The van der Waals surface area contributed by atoms with Crippen LogP contribution in [0.25, 0.3) is 5.57 Å². The molecule has 0 aromatic heterocycles. The summed E-state index contributed by atoms with van der Waals surface area (Å²) >= 11 is 0. The van der Waals surface area contributed by atoms with E-state index in [-0.39, 0.29) is 23.3 Å². The Morgan fingerprint density at radius 2 is 1.91 bits per heavy atom. The van der Waals surface area contributed by atoms with Gasteiger partial charge < -0.3 is 30.3 Å². The summed E-state index contributed by atoms with van der Waals surface area (Å²) in [7, 11) is 0. The lowest BCUT2D eigenvalue weighted by molar-refractivity contribution is -0.130. The van der Waals surface area contributed by atoms with Crippen molar-refractivity contribution in [3.63, 3.8) is 0 Å². The van der Waals surface area contributed by atoms with Gasteiger partial charge in [-0.2, -0.15) is 0 Å². The van der Waals surface area contributed by atoms with Crippen molar-refractivity contribution in [2.75, 3.05) is 6.61 Å². The molecule has 4 atom stereocenters. The summed E-state index contributed by atoms with van der Waals surface area (Å²) in [4.78, 5) is 10.9. The van der Waals surface area contributed by atoms with Gasteiger partial charge in [0.1, 0.15) is 6.10 Å². The van der Waals surface area contributed by atoms with E-state index in [0.717, 1.165) is 0 Å². The highest BCUT2D eigenvalue weighted by molar-refractivity contribution is 6.15. The fraction of sp³-hybridized carbons (Fsp3) is 0.400. The maximum atomic E-state index is 10.9. The molecule has 0 amide bonds. The minimum Gasteiger partial charge on any atom is -0.504 e. The van der Waals surface area contributed by atoms with E-state index >= 15 is 0 Å². The molecule has 1 aliphatic rings. The number of benzene rings is 1. The predicted octanol–water partition coefficient (Wildman–Crippen LogP) is 0.420. The molecule has 1 saturated heterocycles. The zero-order valence-corrected chi connectivity index (χ0v) is 11.9. The van der Waals surface area contributed by atoms with Crippen molar-refractivity contribution in [2.45, 2.75) is 31.2 Å². The summed E-state index contributed by atoms with van der Waals surface area (Å²) < 4.78 is 5.32. The average Bonchev–Trinajstić information content (AvgIpc) is 2.47. The number of aliphatic hydroxyl groups excluding tert-OH is 2. The molecular weight excluding hydrogens is 292 g/mol. The van der Waals surface area contributed by atoms with Gasteiger partial charge in [-0.15, -0.1) is 0 Å². The van der Waals surface area contributed by atoms with Crippen molar-refractivity contribution in [1.82, 2.24) is 0 Å². The van der Waals surface area contributed by atoms with Crippen molar-refractivity contribution in [1.29, 1.82) is 0 Å². The first-order chi connectivity index (χ1) is 10.3. The van der Waals surface area contributed by atoms with Gasteiger partial charge in [0.05, 0.1) is 24.4 Å². The smallest absolute Gasteiger partial charge is 0.335 e. The van der Waals surface area contributed by atoms with Crippen LogP contribution in [-0.2, 0) is 9.53 Å². The first-order valence-electron chi connectivity index (χ1n) is 6.70. The zero-order chi connectivity index (χ0) is 16.6. The highest BCUT2D eigenvalue weighted by Crippen LogP contribution is 2.43. The molecule has 0 spiro atoms. The predicted molar refractivity (Wildman–Crippen MR) is 76.6 cm³/mol. The first kappa shape index (κ1) is 16.3. The van der Waals surface area contributed by atoms with Crippen LogP contribution in [0.1, 0.15) is 24.0 Å². The Kier molecular flexibility index (Phi) is 4.41. The summed E-state index contributed by atoms with van der Waals surface area (Å²) in [6.45, 7) is 4.96. The lowest BCUT2D eigenvalue weighted by Crippen LogP contribution is -2.46. The van der Waals surface area contributed by atoms with E-state index in [4.69, 9.17) is 9.84 Å². The molecule has 2 rings (SSSR count). The number of carboxylic acid groups (broad SMARTS) is 1. The van der Waals surface area contributed by atoms with E-state index in [1.54, 1.807) is 6.92 Å². The summed E-state index contributed by atoms with van der Waals surface area (Å²) in [6.07, 6.45) is -2.80. The van der Waals surface area contributed by atoms with E-state index < -0.39 is 41.7 Å². The lowest BCUT2D eigenvalue weighted by atomic mass is 9.83. The number of hydrogen-bond donors (Lipinski definition) is 5. The number of rotatable bonds is 3. The van der Waals surface area contributed by atoms with Crippen molar-refractivity contribution >= 4 is 11.5 Å². The maximum absolute atomic E-state index is 10.9. The topological polar surface area (TPSA) is 127 Å². The molecule has 0 saturated carbocycles. The van der Waals surface area contributed by atoms with E-state index in [0.29, 0.717) is 0 Å². The SMILES string of the molecule is C=C(C(=O)O)c1ccc(C2C(C)OCC(O)C2O)c(O)c1O. The molecule has 0 bridgehead atoms. The normalized spacial score (nSPS) is 28.3. The van der Waals surface area contributed by atoms with Crippen LogP contribution in [0.4, 0.5) is 0 Å². The van der Waals surface area contributed by atoms with Crippen LogP contribution in [0.3, 0.4) is 0 Å². The van der Waals surface area contributed by atoms with Crippen LogP contribution >= 0.6 is 0 Å². The largest absolute Gasteiger partial charge is 0.504 e. The Morgan fingerprint density at radius 3 is 2.50 bits per heavy atom. The monoisotopic (exact) mass is 310 g/mol. The minimum atomic E-state index is -1.33. The Morgan fingerprint density at radius 1 is 1.27 bits per heavy atom. The van der Waals surface area contributed by atoms with Crippen molar-refractivity contribution < 1.29 is 35.1 Å². The number of aromatic hydroxyl groups is 2. The Bertz CT molecular complexity index is 610. The summed E-state index contributed by atoms with van der Waals surface area (Å²) in [5, 5.41) is 48.9. The minimum absolute atomic E-state index is 0.0283. The fourth-order valence-corrected chi connectivity index (χ4v) is 2.63. The van der Waals surface area contributed by atoms with E-state index in [9.17, 15) is 25.2 Å². The molecule has 1 heterocycles. The van der Waals surface area contributed by atoms with Gasteiger partial charge in [-0.3, -0.25) is 0 Å². The zero-order valence-electron chi connectivity index (χ0n) is 11.9. The van der Waals surface area contributed by atoms with Gasteiger partial charge in [0.25, 0.3) is 0 Å². The second-order valence-corrected chi connectivity index (χ2v) is 5.31. The van der Waals surface area contributed by atoms with E-state index in [1.165, 1.54) is 12.1 Å². The number of hydrogen-bond acceptors (Lipinski definition) is 6. The molecule has 1 aromatic carbocycles. The average molecular weight is 310 g/mol. The molecule has 4 unspecified atom stereocenters. The molecule has 1 aromatic rings. The van der Waals surface area contributed by atoms with E-state index in [2.05, 4.69) is 6.58 Å². The number of phenolic OH excluding ortho intramolecular Hbond substituents is 2. The number of aliphatic hydroxyl groups is 2. The quantitative estimate of drug-likeness (QED) is 0.404. The number of ether oxygens (including phenoxy) is 1. The third-order valence-corrected chi connectivity index (χ3v) is 3.92. The van der Waals surface area contributed by atoms with Crippen LogP contribution in [0.15, 0.2) is 18.7 Å². The molecule has 5 N–H and O–H groups in total. The molecule has 1 fully saturated rings. The van der Waals surface area contributed by atoms with E-state index in [1.807, 2.05) is 0 Å². The highest BCUT2D eigenvalue weighted by Gasteiger charge is 2.39. The maximum Gasteiger partial charge on any atom is 0.335 e. The van der Waals surface area contributed by atoms with Crippen molar-refractivity contribution in [3.8, 4) is 11.5 Å². The third-order valence-electron chi connectivity index (χ3n) is 3.92. The van der Waals surface area contributed by atoms with Crippen molar-refractivity contribution in [3.05, 3.63) is 29.8 Å². The molecule has 22 heavy (non-hydrogen) atoms. The second-order valence-electron chi connectivity index (χ2n) is 5.31. The number of carbonyl (C=O) groups is 1. The first-order valence-corrected chi connectivity index (χ1v) is 6.70. The number of carboxylic acids is 1. The Hall–Kier alpha value is -2.09. The molecule has 0 aliphatic carbocycles. The van der Waals surface area contributed by atoms with Gasteiger partial charge in [0, 0.05) is 17.0 Å². The van der Waals surface area contributed by atoms with Crippen LogP contribution in [-0.4, -0.2) is 56.4 Å². The van der Waals surface area contributed by atoms with Gasteiger partial charge in [0.15, 0.2) is 11.5 Å². The lowest BCUT2D eigenvalue weighted by Gasteiger charge is -2.37. The molecule has 120 valence electrons. The number of phenols is 2. The van der Waals surface area contributed by atoms with Gasteiger partial charge >= 0.3 is 5.97 Å². The summed E-state index contributed by atoms with van der Waals surface area (Å²) in [6, 6.07) is 2.67. The van der Waals surface area contributed by atoms with Gasteiger partial charge in [-0.1, -0.05) is 12.6 Å². The fourth-order valence-electron chi connectivity index (χ4n) is 2.63. The van der Waals surface area contributed by atoms with Crippen LogP contribution in [0.5, 0.6) is 11.5 Å². The molecule has 1 aliphatic heterocycles. The molecule has 7 heteroatoms. The van der Waals surface area contributed by atoms with Gasteiger partial charge in [0.2, 0.25) is 0 Å². The third kappa shape index (κ3) is 2.66. The number of aliphatic carboxylic acids is 1. The van der Waals surface area contributed by atoms with Crippen LogP contribution in [0, 0.1) is 0 Å². The van der Waals surface area contributed by atoms with Gasteiger partial charge in [-0.25, -0.2) is 4.79 Å². The standard InChI is InChI=1S/C15H18O7/c1-6(15(20)21)8-3-4-9(13(18)12(8)17)11-7(2)22-5-10(16)14(11)19/h3-4,7,10-11,14,16-19H,1,5H2,2H3,(H,20,21).